The van der Waals surface area contributed by atoms with E-state index in [2.05, 4.69) is 132 Å². The summed E-state index contributed by atoms with van der Waals surface area (Å²) >= 11 is 0. The van der Waals surface area contributed by atoms with Gasteiger partial charge in [0.05, 0.1) is 11.1 Å². The fourth-order valence-electron chi connectivity index (χ4n) is 7.19. The number of rotatable bonds is 6. The van der Waals surface area contributed by atoms with E-state index in [-0.39, 0.29) is 0 Å². The van der Waals surface area contributed by atoms with Gasteiger partial charge in [-0.15, -0.1) is 0 Å². The van der Waals surface area contributed by atoms with Crippen LogP contribution in [0, 0.1) is 0 Å². The molecule has 0 N–H and O–H groups in total. The Morgan fingerprint density at radius 3 is 1.88 bits per heavy atom. The Morgan fingerprint density at radius 1 is 0.412 bits per heavy atom. The molecule has 4 nitrogen and oxygen atoms in total. The number of hydrogen-bond acceptors (Lipinski definition) is 4. The second kappa shape index (κ2) is 11.9. The van der Waals surface area contributed by atoms with Gasteiger partial charge in [-0.1, -0.05) is 127 Å². The fraction of sp³-hybridized carbons (Fsp3) is 0. The van der Waals surface area contributed by atoms with E-state index < -0.39 is 0 Å². The average Bonchev–Trinajstić information content (AvgIpc) is 3.81. The minimum absolute atomic E-state index is 0.564. The van der Waals surface area contributed by atoms with Crippen LogP contribution in [0.4, 0.5) is 17.1 Å². The van der Waals surface area contributed by atoms with Gasteiger partial charge in [0.1, 0.15) is 16.7 Å². The van der Waals surface area contributed by atoms with Gasteiger partial charge >= 0.3 is 0 Å². The maximum atomic E-state index is 6.79. The maximum Gasteiger partial charge on any atom is 0.227 e. The van der Waals surface area contributed by atoms with Gasteiger partial charge < -0.3 is 13.7 Å². The largest absolute Gasteiger partial charge is 0.456 e. The monoisotopic (exact) mass is 654 g/mol. The zero-order valence-corrected chi connectivity index (χ0v) is 27.5. The highest BCUT2D eigenvalue weighted by Crippen LogP contribution is 2.46. The molecule has 240 valence electrons. The first-order valence-corrected chi connectivity index (χ1v) is 17.1. The van der Waals surface area contributed by atoms with E-state index in [1.165, 1.54) is 16.3 Å². The van der Waals surface area contributed by atoms with E-state index in [4.69, 9.17) is 13.8 Å². The molecule has 4 heteroatoms. The number of hydrogen-bond donors (Lipinski definition) is 0. The Hall–Kier alpha value is -6.91. The highest BCUT2D eigenvalue weighted by atomic mass is 16.4. The van der Waals surface area contributed by atoms with E-state index >= 15 is 0 Å². The number of nitrogens with zero attached hydrogens (tertiary/aromatic N) is 2. The quantitative estimate of drug-likeness (QED) is 0.179. The van der Waals surface area contributed by atoms with Crippen LogP contribution in [0.1, 0.15) is 0 Å². The van der Waals surface area contributed by atoms with Crippen LogP contribution in [-0.4, -0.2) is 4.98 Å². The second-order valence-corrected chi connectivity index (χ2v) is 12.8. The smallest absolute Gasteiger partial charge is 0.227 e. The van der Waals surface area contributed by atoms with Crippen molar-refractivity contribution in [1.82, 2.24) is 4.98 Å². The summed E-state index contributed by atoms with van der Waals surface area (Å²) in [6.07, 6.45) is 0. The van der Waals surface area contributed by atoms with E-state index in [1.54, 1.807) is 0 Å². The summed E-state index contributed by atoms with van der Waals surface area (Å²) in [7, 11) is 0. The number of furan rings is 1. The molecule has 0 aliphatic rings. The Labute approximate surface area is 294 Å². The SMILES string of the molecule is c1ccc(-c2cccc(N(c3ccc(-c4ccc5ccccc5c4)cc3)c3cc4oc5ccccc5c4c4nc(-c5ccccc5)oc34)c2)cc1. The molecule has 0 unspecified atom stereocenters. The van der Waals surface area contributed by atoms with Crippen molar-refractivity contribution in [3.63, 3.8) is 0 Å². The third-order valence-electron chi connectivity index (χ3n) is 9.67. The third kappa shape index (κ3) is 5.04. The second-order valence-electron chi connectivity index (χ2n) is 12.8. The van der Waals surface area contributed by atoms with Crippen LogP contribution in [0.2, 0.25) is 0 Å². The van der Waals surface area contributed by atoms with Gasteiger partial charge in [0.15, 0.2) is 5.58 Å². The van der Waals surface area contributed by atoms with Crippen molar-refractivity contribution in [1.29, 1.82) is 0 Å². The van der Waals surface area contributed by atoms with Crippen LogP contribution in [0.5, 0.6) is 0 Å². The zero-order chi connectivity index (χ0) is 33.7. The lowest BCUT2D eigenvalue weighted by Crippen LogP contribution is -2.10. The molecule has 2 aromatic heterocycles. The standard InChI is InChI=1S/C47H30N2O2/c1-3-12-31(13-4-1)36-18-11-19-39(29-36)49(38-26-24-33(25-27-38)37-23-22-32-14-7-8-17-35(32)28-37)41-30-43-44(40-20-9-10-21-42(40)50-43)45-46(41)51-47(48-45)34-15-5-2-6-16-34/h1-30H. The summed E-state index contributed by atoms with van der Waals surface area (Å²) in [6, 6.07) is 63.3. The average molecular weight is 655 g/mol. The number of para-hydroxylation sites is 1. The molecule has 0 aliphatic carbocycles. The summed E-state index contributed by atoms with van der Waals surface area (Å²) in [5, 5.41) is 4.41. The van der Waals surface area contributed by atoms with E-state index in [0.29, 0.717) is 11.5 Å². The first-order chi connectivity index (χ1) is 25.3. The molecule has 8 aromatic carbocycles. The molecule has 0 bridgehead atoms. The molecule has 0 saturated carbocycles. The molecule has 2 heterocycles. The van der Waals surface area contributed by atoms with Crippen molar-refractivity contribution >= 4 is 60.9 Å². The van der Waals surface area contributed by atoms with Crippen molar-refractivity contribution in [2.75, 3.05) is 4.90 Å². The minimum atomic E-state index is 0.564. The molecule has 0 fully saturated rings. The summed E-state index contributed by atoms with van der Waals surface area (Å²) in [6.45, 7) is 0. The minimum Gasteiger partial charge on any atom is -0.456 e. The normalized spacial score (nSPS) is 11.5. The fourth-order valence-corrected chi connectivity index (χ4v) is 7.19. The van der Waals surface area contributed by atoms with Crippen LogP contribution >= 0.6 is 0 Å². The highest BCUT2D eigenvalue weighted by molar-refractivity contribution is 6.20. The number of anilines is 3. The molecule has 0 aliphatic heterocycles. The van der Waals surface area contributed by atoms with Gasteiger partial charge in [-0.05, 0) is 81.6 Å². The Balaban J connectivity index is 1.21. The zero-order valence-electron chi connectivity index (χ0n) is 27.5. The topological polar surface area (TPSA) is 42.4 Å². The Bertz CT molecular complexity index is 2850. The third-order valence-corrected chi connectivity index (χ3v) is 9.67. The molecule has 0 spiro atoms. The van der Waals surface area contributed by atoms with Gasteiger partial charge in [0, 0.05) is 28.4 Å². The summed E-state index contributed by atoms with van der Waals surface area (Å²) in [4.78, 5) is 7.41. The number of benzene rings is 8. The van der Waals surface area contributed by atoms with Crippen LogP contribution in [0.3, 0.4) is 0 Å². The molecule has 0 amide bonds. The van der Waals surface area contributed by atoms with Gasteiger partial charge in [0.2, 0.25) is 5.89 Å². The molecule has 0 radical (unpaired) electrons. The van der Waals surface area contributed by atoms with Gasteiger partial charge in [0.25, 0.3) is 0 Å². The summed E-state index contributed by atoms with van der Waals surface area (Å²) in [5.41, 5.74) is 11.3. The number of aromatic nitrogens is 1. The van der Waals surface area contributed by atoms with Crippen molar-refractivity contribution in [2.24, 2.45) is 0 Å². The summed E-state index contributed by atoms with van der Waals surface area (Å²) < 4.78 is 13.3. The lowest BCUT2D eigenvalue weighted by Gasteiger charge is -2.26. The van der Waals surface area contributed by atoms with Crippen LogP contribution < -0.4 is 4.90 Å². The first kappa shape index (κ1) is 29.0. The van der Waals surface area contributed by atoms with Crippen LogP contribution in [0.15, 0.2) is 191 Å². The molecule has 10 aromatic rings. The predicted octanol–water partition coefficient (Wildman–Crippen LogP) is 13.4. The van der Waals surface area contributed by atoms with Gasteiger partial charge in [-0.2, -0.15) is 0 Å². The van der Waals surface area contributed by atoms with Gasteiger partial charge in [-0.3, -0.25) is 0 Å². The van der Waals surface area contributed by atoms with Gasteiger partial charge in [-0.25, -0.2) is 4.98 Å². The van der Waals surface area contributed by atoms with Crippen LogP contribution in [0.25, 0.3) is 77.5 Å². The van der Waals surface area contributed by atoms with Crippen molar-refractivity contribution in [3.8, 4) is 33.7 Å². The van der Waals surface area contributed by atoms with Crippen LogP contribution in [-0.2, 0) is 0 Å². The molecule has 0 saturated heterocycles. The first-order valence-electron chi connectivity index (χ1n) is 17.1. The van der Waals surface area contributed by atoms with E-state index in [9.17, 15) is 0 Å². The van der Waals surface area contributed by atoms with E-state index in [0.717, 1.165) is 66.8 Å². The number of fused-ring (bicyclic) bond motifs is 6. The lowest BCUT2D eigenvalue weighted by atomic mass is 10.0. The Morgan fingerprint density at radius 2 is 1.06 bits per heavy atom. The molecule has 51 heavy (non-hydrogen) atoms. The number of oxazole rings is 1. The molecular formula is C47H30N2O2. The molecule has 0 atom stereocenters. The molecular weight excluding hydrogens is 625 g/mol. The maximum absolute atomic E-state index is 6.79. The van der Waals surface area contributed by atoms with Crippen molar-refractivity contribution < 1.29 is 8.83 Å². The molecule has 10 rings (SSSR count). The van der Waals surface area contributed by atoms with E-state index in [1.807, 2.05) is 54.6 Å². The Kier molecular flexibility index (Phi) is 6.78. The summed E-state index contributed by atoms with van der Waals surface area (Å²) in [5.74, 6) is 0.564. The highest BCUT2D eigenvalue weighted by Gasteiger charge is 2.25. The van der Waals surface area contributed by atoms with Crippen molar-refractivity contribution in [3.05, 3.63) is 182 Å². The predicted molar refractivity (Wildman–Crippen MR) is 210 cm³/mol. The lowest BCUT2D eigenvalue weighted by molar-refractivity contribution is 0.619. The van der Waals surface area contributed by atoms with Crippen molar-refractivity contribution in [2.45, 2.75) is 0 Å².